The molecule has 0 bridgehead atoms. The Bertz CT molecular complexity index is 311. The number of piperidine rings is 2. The predicted octanol–water partition coefficient (Wildman–Crippen LogP) is 2.38. The molecule has 2 saturated heterocycles. The summed E-state index contributed by atoms with van der Waals surface area (Å²) in [4.78, 5) is 14.3. The van der Waals surface area contributed by atoms with E-state index in [4.69, 9.17) is 4.74 Å². The van der Waals surface area contributed by atoms with Gasteiger partial charge < -0.3 is 15.0 Å². The van der Waals surface area contributed by atoms with Gasteiger partial charge in [-0.25, -0.2) is 4.79 Å². The van der Waals surface area contributed by atoms with Crippen LogP contribution in [0.5, 0.6) is 0 Å². The molecule has 4 heteroatoms. The third-order valence-electron chi connectivity index (χ3n) is 3.98. The maximum Gasteiger partial charge on any atom is 0.410 e. The van der Waals surface area contributed by atoms with Crippen molar-refractivity contribution in [3.8, 4) is 0 Å². The van der Waals surface area contributed by atoms with Crippen molar-refractivity contribution in [2.75, 3.05) is 13.1 Å². The Hall–Kier alpha value is -0.770. The maximum atomic E-state index is 12.4. The molecule has 0 aromatic carbocycles. The van der Waals surface area contributed by atoms with Crippen LogP contribution < -0.4 is 5.32 Å². The highest BCUT2D eigenvalue weighted by Crippen LogP contribution is 2.32. The van der Waals surface area contributed by atoms with Crippen LogP contribution in [0.3, 0.4) is 0 Å². The number of likely N-dealkylation sites (tertiary alicyclic amines) is 1. The normalized spacial score (nSPS) is 32.9. The van der Waals surface area contributed by atoms with Crippen LogP contribution in [0.4, 0.5) is 4.79 Å². The summed E-state index contributed by atoms with van der Waals surface area (Å²) in [6.45, 7) is 9.91. The highest BCUT2D eigenvalue weighted by atomic mass is 16.6. The fourth-order valence-electron chi connectivity index (χ4n) is 3.11. The van der Waals surface area contributed by atoms with E-state index < -0.39 is 5.60 Å². The lowest BCUT2D eigenvalue weighted by Gasteiger charge is -2.47. The first kappa shape index (κ1) is 13.7. The van der Waals surface area contributed by atoms with Gasteiger partial charge in [0.15, 0.2) is 0 Å². The maximum absolute atomic E-state index is 12.4. The number of carbonyl (C=O) groups excluding carboxylic acids is 1. The van der Waals surface area contributed by atoms with Crippen LogP contribution in [0.25, 0.3) is 0 Å². The largest absolute Gasteiger partial charge is 0.444 e. The summed E-state index contributed by atoms with van der Waals surface area (Å²) in [7, 11) is 0. The number of amides is 1. The first-order valence-corrected chi connectivity index (χ1v) is 7.10. The van der Waals surface area contributed by atoms with Crippen molar-refractivity contribution in [3.63, 3.8) is 0 Å². The van der Waals surface area contributed by atoms with Crippen molar-refractivity contribution < 1.29 is 9.53 Å². The molecule has 2 heterocycles. The van der Waals surface area contributed by atoms with Crippen LogP contribution in [-0.4, -0.2) is 41.8 Å². The lowest BCUT2D eigenvalue weighted by atomic mass is 9.82. The number of rotatable bonds is 0. The molecule has 3 atom stereocenters. The average Bonchev–Trinajstić information content (AvgIpc) is 2.26. The molecule has 2 fully saturated rings. The molecule has 3 unspecified atom stereocenters. The number of hydrogen-bond donors (Lipinski definition) is 1. The second kappa shape index (κ2) is 5.08. The lowest BCUT2D eigenvalue weighted by molar-refractivity contribution is -0.0203. The van der Waals surface area contributed by atoms with Gasteiger partial charge in [0.25, 0.3) is 0 Å². The van der Waals surface area contributed by atoms with Crippen molar-refractivity contribution in [3.05, 3.63) is 0 Å². The minimum absolute atomic E-state index is 0.145. The number of ether oxygens (including phenoxy) is 1. The standard InChI is InChI=1S/C14H26N2O2/c1-10-5-6-11-7-8-15-9-12(11)16(10)13(17)18-14(2,3)4/h10-12,15H,5-9H2,1-4H3. The van der Waals surface area contributed by atoms with Crippen molar-refractivity contribution in [2.24, 2.45) is 5.92 Å². The van der Waals surface area contributed by atoms with E-state index in [-0.39, 0.29) is 6.09 Å². The predicted molar refractivity (Wildman–Crippen MR) is 71.5 cm³/mol. The summed E-state index contributed by atoms with van der Waals surface area (Å²) >= 11 is 0. The van der Waals surface area contributed by atoms with Crippen molar-refractivity contribution in [1.82, 2.24) is 10.2 Å². The molecule has 0 aromatic rings. The zero-order valence-electron chi connectivity index (χ0n) is 12.0. The topological polar surface area (TPSA) is 41.6 Å². The Morgan fingerprint density at radius 2 is 2.00 bits per heavy atom. The molecule has 1 amide bonds. The zero-order valence-corrected chi connectivity index (χ0v) is 12.0. The molecule has 1 N–H and O–H groups in total. The van der Waals surface area contributed by atoms with E-state index in [1.165, 1.54) is 12.8 Å². The van der Waals surface area contributed by atoms with Gasteiger partial charge in [0.05, 0.1) is 6.04 Å². The molecule has 0 spiro atoms. The highest BCUT2D eigenvalue weighted by Gasteiger charge is 2.40. The molecule has 2 rings (SSSR count). The number of hydrogen-bond acceptors (Lipinski definition) is 3. The molecule has 0 radical (unpaired) electrons. The third kappa shape index (κ3) is 2.97. The number of fused-ring (bicyclic) bond motifs is 1. The molecule has 0 aliphatic carbocycles. The summed E-state index contributed by atoms with van der Waals surface area (Å²) in [5.74, 6) is 0.648. The van der Waals surface area contributed by atoms with Gasteiger partial charge in [-0.15, -0.1) is 0 Å². The van der Waals surface area contributed by atoms with Gasteiger partial charge in [-0.1, -0.05) is 0 Å². The summed E-state index contributed by atoms with van der Waals surface area (Å²) in [5.41, 5.74) is -0.411. The minimum Gasteiger partial charge on any atom is -0.444 e. The number of nitrogens with zero attached hydrogens (tertiary/aromatic N) is 1. The minimum atomic E-state index is -0.411. The monoisotopic (exact) mass is 254 g/mol. The fourth-order valence-corrected chi connectivity index (χ4v) is 3.11. The van der Waals surface area contributed by atoms with Gasteiger partial charge >= 0.3 is 6.09 Å². The first-order chi connectivity index (χ1) is 8.38. The summed E-state index contributed by atoms with van der Waals surface area (Å²) < 4.78 is 5.56. The summed E-state index contributed by atoms with van der Waals surface area (Å²) in [6, 6.07) is 0.610. The molecular formula is C14H26N2O2. The fraction of sp³-hybridized carbons (Fsp3) is 0.929. The molecule has 18 heavy (non-hydrogen) atoms. The van der Waals surface area contributed by atoms with E-state index in [0.717, 1.165) is 19.5 Å². The van der Waals surface area contributed by atoms with E-state index in [9.17, 15) is 4.79 Å². The lowest BCUT2D eigenvalue weighted by Crippen LogP contribution is -2.59. The summed E-state index contributed by atoms with van der Waals surface area (Å²) in [5, 5.41) is 3.40. The van der Waals surface area contributed by atoms with Crippen molar-refractivity contribution in [2.45, 2.75) is 64.6 Å². The van der Waals surface area contributed by atoms with Crippen molar-refractivity contribution in [1.29, 1.82) is 0 Å². The van der Waals surface area contributed by atoms with Crippen LogP contribution in [0.2, 0.25) is 0 Å². The Morgan fingerprint density at radius 1 is 1.28 bits per heavy atom. The first-order valence-electron chi connectivity index (χ1n) is 7.10. The van der Waals surface area contributed by atoms with E-state index in [0.29, 0.717) is 18.0 Å². The molecular weight excluding hydrogens is 228 g/mol. The third-order valence-corrected chi connectivity index (χ3v) is 3.98. The Morgan fingerprint density at radius 3 is 2.67 bits per heavy atom. The number of carbonyl (C=O) groups is 1. The van der Waals surface area contributed by atoms with Crippen LogP contribution >= 0.6 is 0 Å². The second-order valence-electron chi connectivity index (χ2n) is 6.63. The van der Waals surface area contributed by atoms with Crippen LogP contribution in [0.1, 0.15) is 47.0 Å². The zero-order chi connectivity index (χ0) is 13.3. The van der Waals surface area contributed by atoms with Crippen molar-refractivity contribution >= 4 is 6.09 Å². The second-order valence-corrected chi connectivity index (χ2v) is 6.63. The van der Waals surface area contributed by atoms with Gasteiger partial charge in [-0.05, 0) is 59.4 Å². The quantitative estimate of drug-likeness (QED) is 0.721. The summed E-state index contributed by atoms with van der Waals surface area (Å²) in [6.07, 6.45) is 3.37. The van der Waals surface area contributed by atoms with E-state index in [2.05, 4.69) is 12.2 Å². The van der Waals surface area contributed by atoms with Gasteiger partial charge in [-0.3, -0.25) is 0 Å². The van der Waals surface area contributed by atoms with Gasteiger partial charge in [0.2, 0.25) is 0 Å². The van der Waals surface area contributed by atoms with Gasteiger partial charge in [-0.2, -0.15) is 0 Å². The number of nitrogens with one attached hydrogen (secondary N) is 1. The van der Waals surface area contributed by atoms with Crippen LogP contribution in [0.15, 0.2) is 0 Å². The van der Waals surface area contributed by atoms with Crippen LogP contribution in [-0.2, 0) is 4.74 Å². The van der Waals surface area contributed by atoms with Gasteiger partial charge in [0, 0.05) is 12.6 Å². The highest BCUT2D eigenvalue weighted by molar-refractivity contribution is 5.69. The molecule has 0 saturated carbocycles. The van der Waals surface area contributed by atoms with Gasteiger partial charge in [0.1, 0.15) is 5.60 Å². The van der Waals surface area contributed by atoms with E-state index in [1.807, 2.05) is 25.7 Å². The van der Waals surface area contributed by atoms with E-state index >= 15 is 0 Å². The SMILES string of the molecule is CC1CCC2CCNCC2N1C(=O)OC(C)(C)C. The average molecular weight is 254 g/mol. The molecule has 0 aromatic heterocycles. The molecule has 2 aliphatic rings. The molecule has 2 aliphatic heterocycles. The Balaban J connectivity index is 2.09. The molecule has 104 valence electrons. The van der Waals surface area contributed by atoms with E-state index in [1.54, 1.807) is 0 Å². The van der Waals surface area contributed by atoms with Crippen LogP contribution in [0, 0.1) is 5.92 Å². The Labute approximate surface area is 110 Å². The molecule has 4 nitrogen and oxygen atoms in total. The smallest absolute Gasteiger partial charge is 0.410 e. The Kier molecular flexibility index (Phi) is 3.85.